The predicted octanol–water partition coefficient (Wildman–Crippen LogP) is 2.15. The fourth-order valence-corrected chi connectivity index (χ4v) is 3.54. The average Bonchev–Trinajstić information content (AvgIpc) is 2.60. The molecule has 0 N–H and O–H groups in total. The van der Waals surface area contributed by atoms with E-state index in [9.17, 15) is 4.79 Å². The maximum absolute atomic E-state index is 11.7. The van der Waals surface area contributed by atoms with Gasteiger partial charge in [0.2, 0.25) is 0 Å². The number of carbonyl (C=O) groups is 1. The summed E-state index contributed by atoms with van der Waals surface area (Å²) < 4.78 is 5.46. The molecule has 0 amide bonds. The molecule has 0 radical (unpaired) electrons. The Morgan fingerprint density at radius 3 is 2.71 bits per heavy atom. The van der Waals surface area contributed by atoms with Crippen LogP contribution in [0.4, 0.5) is 0 Å². The van der Waals surface area contributed by atoms with Gasteiger partial charge in [-0.3, -0.25) is 4.79 Å². The second-order valence-electron chi connectivity index (χ2n) is 4.78. The van der Waals surface area contributed by atoms with Crippen LogP contribution in [0.3, 0.4) is 0 Å². The standard InChI is InChI=1S/C12H16O2/c1-2-9-10-7-3-5-8(6-4-7)11(10)12(13)14-9/h3,5,7-11H,2,4,6H2,1H3/t7-,8+,9-,10+,11+/m1/s1. The van der Waals surface area contributed by atoms with E-state index in [1.165, 1.54) is 12.8 Å². The Kier molecular flexibility index (Phi) is 1.73. The molecule has 2 fully saturated rings. The van der Waals surface area contributed by atoms with Gasteiger partial charge in [0, 0.05) is 5.92 Å². The van der Waals surface area contributed by atoms with Crippen LogP contribution < -0.4 is 0 Å². The van der Waals surface area contributed by atoms with E-state index in [0.29, 0.717) is 17.8 Å². The number of carbonyl (C=O) groups excluding carboxylic acids is 1. The first kappa shape index (κ1) is 8.51. The summed E-state index contributed by atoms with van der Waals surface area (Å²) in [5, 5.41) is 0. The Morgan fingerprint density at radius 1 is 1.36 bits per heavy atom. The van der Waals surface area contributed by atoms with Crippen LogP contribution in [0.15, 0.2) is 12.2 Å². The van der Waals surface area contributed by atoms with Crippen molar-refractivity contribution < 1.29 is 9.53 Å². The van der Waals surface area contributed by atoms with Crippen LogP contribution in [0.5, 0.6) is 0 Å². The Hall–Kier alpha value is -0.790. The molecule has 76 valence electrons. The zero-order chi connectivity index (χ0) is 9.71. The summed E-state index contributed by atoms with van der Waals surface area (Å²) in [6, 6.07) is 0. The molecule has 2 nitrogen and oxygen atoms in total. The molecule has 0 aromatic carbocycles. The third kappa shape index (κ3) is 0.943. The zero-order valence-electron chi connectivity index (χ0n) is 8.48. The molecule has 0 aromatic heterocycles. The van der Waals surface area contributed by atoms with Crippen LogP contribution in [0.2, 0.25) is 0 Å². The molecule has 1 aliphatic heterocycles. The van der Waals surface area contributed by atoms with E-state index in [2.05, 4.69) is 19.1 Å². The second kappa shape index (κ2) is 2.85. The average molecular weight is 192 g/mol. The summed E-state index contributed by atoms with van der Waals surface area (Å²) in [4.78, 5) is 11.7. The molecule has 4 aliphatic rings. The van der Waals surface area contributed by atoms with Crippen molar-refractivity contribution in [3.63, 3.8) is 0 Å². The lowest BCUT2D eigenvalue weighted by molar-refractivity contribution is -0.145. The van der Waals surface area contributed by atoms with E-state index in [1.807, 2.05) is 0 Å². The predicted molar refractivity (Wildman–Crippen MR) is 52.5 cm³/mol. The van der Waals surface area contributed by atoms with Crippen molar-refractivity contribution in [1.29, 1.82) is 0 Å². The van der Waals surface area contributed by atoms with Gasteiger partial charge >= 0.3 is 5.97 Å². The van der Waals surface area contributed by atoms with Gasteiger partial charge in [0.25, 0.3) is 0 Å². The molecule has 1 saturated carbocycles. The molecule has 1 heterocycles. The molecule has 0 unspecified atom stereocenters. The van der Waals surface area contributed by atoms with Gasteiger partial charge in [0.05, 0.1) is 5.92 Å². The molecule has 2 bridgehead atoms. The van der Waals surface area contributed by atoms with Crippen LogP contribution in [0.1, 0.15) is 26.2 Å². The smallest absolute Gasteiger partial charge is 0.310 e. The molecule has 0 aromatic rings. The van der Waals surface area contributed by atoms with Crippen molar-refractivity contribution in [3.05, 3.63) is 12.2 Å². The summed E-state index contributed by atoms with van der Waals surface area (Å²) in [7, 11) is 0. The largest absolute Gasteiger partial charge is 0.462 e. The Balaban J connectivity index is 1.97. The van der Waals surface area contributed by atoms with Gasteiger partial charge in [0.15, 0.2) is 0 Å². The van der Waals surface area contributed by atoms with E-state index in [4.69, 9.17) is 4.74 Å². The highest BCUT2D eigenvalue weighted by Crippen LogP contribution is 2.51. The van der Waals surface area contributed by atoms with Gasteiger partial charge in [-0.15, -0.1) is 0 Å². The lowest BCUT2D eigenvalue weighted by Gasteiger charge is -2.40. The summed E-state index contributed by atoms with van der Waals surface area (Å²) in [6.07, 6.45) is 8.19. The zero-order valence-corrected chi connectivity index (χ0v) is 8.48. The summed E-state index contributed by atoms with van der Waals surface area (Å²) >= 11 is 0. The molecule has 0 spiro atoms. The maximum Gasteiger partial charge on any atom is 0.310 e. The first-order chi connectivity index (χ1) is 6.81. The van der Waals surface area contributed by atoms with Crippen LogP contribution in [0, 0.1) is 23.7 Å². The van der Waals surface area contributed by atoms with Crippen molar-refractivity contribution in [2.24, 2.45) is 23.7 Å². The van der Waals surface area contributed by atoms with E-state index >= 15 is 0 Å². The molecular weight excluding hydrogens is 176 g/mol. The van der Waals surface area contributed by atoms with Crippen molar-refractivity contribution in [2.75, 3.05) is 0 Å². The van der Waals surface area contributed by atoms with Gasteiger partial charge in [-0.25, -0.2) is 0 Å². The fraction of sp³-hybridized carbons (Fsp3) is 0.750. The summed E-state index contributed by atoms with van der Waals surface area (Å²) in [6.45, 7) is 2.12. The number of esters is 1. The number of allylic oxidation sites excluding steroid dienone is 2. The highest BCUT2D eigenvalue weighted by molar-refractivity contribution is 5.76. The molecule has 14 heavy (non-hydrogen) atoms. The minimum Gasteiger partial charge on any atom is -0.462 e. The molecular formula is C12H16O2. The number of cyclic esters (lactones) is 1. The van der Waals surface area contributed by atoms with E-state index < -0.39 is 0 Å². The minimum absolute atomic E-state index is 0.0703. The van der Waals surface area contributed by atoms with E-state index in [1.54, 1.807) is 0 Å². The Morgan fingerprint density at radius 2 is 2.07 bits per heavy atom. The maximum atomic E-state index is 11.7. The van der Waals surface area contributed by atoms with Crippen LogP contribution in [0.25, 0.3) is 0 Å². The van der Waals surface area contributed by atoms with Gasteiger partial charge in [-0.2, -0.15) is 0 Å². The third-order valence-corrected chi connectivity index (χ3v) is 4.18. The van der Waals surface area contributed by atoms with E-state index in [-0.39, 0.29) is 18.0 Å². The monoisotopic (exact) mass is 192 g/mol. The Bertz CT molecular complexity index is 295. The lowest BCUT2D eigenvalue weighted by atomic mass is 9.61. The number of rotatable bonds is 1. The lowest BCUT2D eigenvalue weighted by Crippen LogP contribution is -2.39. The van der Waals surface area contributed by atoms with Gasteiger partial charge in [-0.05, 0) is 31.1 Å². The first-order valence-corrected chi connectivity index (χ1v) is 5.70. The molecule has 1 saturated heterocycles. The highest BCUT2D eigenvalue weighted by atomic mass is 16.6. The van der Waals surface area contributed by atoms with Crippen LogP contribution >= 0.6 is 0 Å². The van der Waals surface area contributed by atoms with Crippen LogP contribution in [-0.2, 0) is 9.53 Å². The van der Waals surface area contributed by atoms with Gasteiger partial charge in [-0.1, -0.05) is 19.1 Å². The van der Waals surface area contributed by atoms with Crippen LogP contribution in [-0.4, -0.2) is 12.1 Å². The summed E-state index contributed by atoms with van der Waals surface area (Å²) in [5.41, 5.74) is 0. The van der Waals surface area contributed by atoms with Crippen molar-refractivity contribution in [1.82, 2.24) is 0 Å². The molecule has 2 heteroatoms. The minimum atomic E-state index is 0.0703. The first-order valence-electron chi connectivity index (χ1n) is 5.70. The number of hydrogen-bond acceptors (Lipinski definition) is 2. The molecule has 5 atom stereocenters. The molecule has 4 rings (SSSR count). The highest BCUT2D eigenvalue weighted by Gasteiger charge is 2.53. The third-order valence-electron chi connectivity index (χ3n) is 4.18. The van der Waals surface area contributed by atoms with Gasteiger partial charge in [0.1, 0.15) is 6.10 Å². The van der Waals surface area contributed by atoms with Crippen molar-refractivity contribution in [2.45, 2.75) is 32.3 Å². The second-order valence-corrected chi connectivity index (χ2v) is 4.78. The fourth-order valence-electron chi connectivity index (χ4n) is 3.54. The van der Waals surface area contributed by atoms with Crippen molar-refractivity contribution >= 4 is 5.97 Å². The Labute approximate surface area is 84.3 Å². The normalized spacial score (nSPS) is 49.2. The quantitative estimate of drug-likeness (QED) is 0.470. The van der Waals surface area contributed by atoms with Gasteiger partial charge < -0.3 is 4.74 Å². The number of ether oxygens (including phenoxy) is 1. The summed E-state index contributed by atoms with van der Waals surface area (Å²) in [5.74, 6) is 1.86. The molecule has 3 aliphatic carbocycles. The SMILES string of the molecule is CC[C@H]1OC(=O)[C@@H]2[C@H]1[C@@H]1C=C[C@H]2CC1. The topological polar surface area (TPSA) is 26.3 Å². The number of hydrogen-bond donors (Lipinski definition) is 0. The number of fused-ring (bicyclic) bond motifs is 1. The van der Waals surface area contributed by atoms with E-state index in [0.717, 1.165) is 6.42 Å². The van der Waals surface area contributed by atoms with Crippen molar-refractivity contribution in [3.8, 4) is 0 Å².